The zero-order chi connectivity index (χ0) is 9.68. The van der Waals surface area contributed by atoms with Gasteiger partial charge in [-0.05, 0) is 19.3 Å². The Kier molecular flexibility index (Phi) is 3.92. The molecule has 2 unspecified atom stereocenters. The molecule has 0 fully saturated rings. The van der Waals surface area contributed by atoms with Crippen molar-refractivity contribution in [3.8, 4) is 0 Å². The number of aliphatic hydroxyl groups excluding tert-OH is 1. The summed E-state index contributed by atoms with van der Waals surface area (Å²) in [7, 11) is 0. The Morgan fingerprint density at radius 1 is 1.77 bits per heavy atom. The third kappa shape index (κ3) is 3.57. The smallest absolute Gasteiger partial charge is 0.247 e. The van der Waals surface area contributed by atoms with Crippen LogP contribution >= 0.6 is 0 Å². The van der Waals surface area contributed by atoms with Gasteiger partial charge < -0.3 is 16.2 Å². The molecule has 2 atom stereocenters. The maximum Gasteiger partial charge on any atom is 0.247 e. The molecular weight excluding hydrogens is 168 g/mol. The average molecular weight is 184 g/mol. The second-order valence-corrected chi connectivity index (χ2v) is 3.29. The molecule has 1 aliphatic rings. The number of aliphatic hydroxyl groups is 1. The average Bonchev–Trinajstić information content (AvgIpc) is 2.15. The van der Waals surface area contributed by atoms with E-state index >= 15 is 0 Å². The maximum absolute atomic E-state index is 10.5. The summed E-state index contributed by atoms with van der Waals surface area (Å²) < 4.78 is 0. The molecule has 0 bridgehead atoms. The summed E-state index contributed by atoms with van der Waals surface area (Å²) in [6.45, 7) is 0.240. The molecule has 0 saturated heterocycles. The predicted octanol–water partition coefficient (Wildman–Crippen LogP) is -0.469. The number of carbonyl (C=O) groups excluding carboxylic acids is 1. The van der Waals surface area contributed by atoms with Crippen LogP contribution in [0.5, 0.6) is 0 Å². The van der Waals surface area contributed by atoms with Crippen LogP contribution in [-0.2, 0) is 4.79 Å². The number of primary amides is 1. The Labute approximate surface area is 77.8 Å². The zero-order valence-electron chi connectivity index (χ0n) is 7.57. The lowest BCUT2D eigenvalue weighted by Gasteiger charge is -2.18. The van der Waals surface area contributed by atoms with Crippen molar-refractivity contribution in [1.82, 2.24) is 5.32 Å². The lowest BCUT2D eigenvalue weighted by atomic mass is 10.0. The van der Waals surface area contributed by atoms with Crippen LogP contribution in [0.15, 0.2) is 12.2 Å². The second kappa shape index (κ2) is 4.99. The molecule has 4 N–H and O–H groups in total. The van der Waals surface area contributed by atoms with Crippen molar-refractivity contribution < 1.29 is 9.90 Å². The molecule has 0 aliphatic heterocycles. The number of allylic oxidation sites excluding steroid dienone is 1. The molecule has 0 radical (unpaired) electrons. The molecule has 1 amide bonds. The Bertz CT molecular complexity index is 204. The fourth-order valence-corrected chi connectivity index (χ4v) is 1.35. The van der Waals surface area contributed by atoms with Gasteiger partial charge in [0.15, 0.2) is 0 Å². The van der Waals surface area contributed by atoms with E-state index in [9.17, 15) is 4.79 Å². The Morgan fingerprint density at radius 2 is 2.54 bits per heavy atom. The minimum Gasteiger partial charge on any atom is -0.382 e. The molecule has 0 heterocycles. The number of rotatable bonds is 4. The number of nitrogens with one attached hydrogen (secondary N) is 1. The van der Waals surface area contributed by atoms with E-state index < -0.39 is 12.0 Å². The van der Waals surface area contributed by atoms with Gasteiger partial charge in [-0.1, -0.05) is 12.2 Å². The van der Waals surface area contributed by atoms with E-state index in [2.05, 4.69) is 17.5 Å². The topological polar surface area (TPSA) is 75.4 Å². The summed E-state index contributed by atoms with van der Waals surface area (Å²) in [5.74, 6) is -0.674. The molecule has 0 aromatic heterocycles. The summed E-state index contributed by atoms with van der Waals surface area (Å²) in [5.41, 5.74) is 4.90. The molecule has 0 aromatic carbocycles. The van der Waals surface area contributed by atoms with Gasteiger partial charge in [0, 0.05) is 12.6 Å². The monoisotopic (exact) mass is 184 g/mol. The molecule has 0 spiro atoms. The van der Waals surface area contributed by atoms with E-state index in [1.165, 1.54) is 0 Å². The van der Waals surface area contributed by atoms with Crippen LogP contribution in [0, 0.1) is 0 Å². The van der Waals surface area contributed by atoms with Crippen LogP contribution in [0.4, 0.5) is 0 Å². The van der Waals surface area contributed by atoms with Crippen molar-refractivity contribution >= 4 is 5.91 Å². The molecule has 1 aliphatic carbocycles. The Hall–Kier alpha value is -0.870. The minimum atomic E-state index is -1.07. The van der Waals surface area contributed by atoms with E-state index in [1.807, 2.05) is 0 Å². The quantitative estimate of drug-likeness (QED) is 0.517. The minimum absolute atomic E-state index is 0.240. The van der Waals surface area contributed by atoms with Crippen LogP contribution < -0.4 is 11.1 Å². The molecule has 0 saturated carbocycles. The molecular formula is C9H16N2O2. The fourth-order valence-electron chi connectivity index (χ4n) is 1.35. The van der Waals surface area contributed by atoms with Crippen molar-refractivity contribution in [3.05, 3.63) is 12.2 Å². The van der Waals surface area contributed by atoms with Crippen LogP contribution in [-0.4, -0.2) is 29.7 Å². The molecule has 13 heavy (non-hydrogen) atoms. The fraction of sp³-hybridized carbons (Fsp3) is 0.667. The molecule has 4 heteroatoms. The first-order valence-corrected chi connectivity index (χ1v) is 4.57. The summed E-state index contributed by atoms with van der Waals surface area (Å²) >= 11 is 0. The number of nitrogens with two attached hydrogens (primary N) is 1. The van der Waals surface area contributed by atoms with Gasteiger partial charge in [-0.25, -0.2) is 0 Å². The van der Waals surface area contributed by atoms with E-state index in [4.69, 9.17) is 10.8 Å². The van der Waals surface area contributed by atoms with Crippen molar-refractivity contribution in [2.75, 3.05) is 6.54 Å². The highest BCUT2D eigenvalue weighted by Gasteiger charge is 2.13. The van der Waals surface area contributed by atoms with Gasteiger partial charge in [-0.3, -0.25) is 4.79 Å². The highest BCUT2D eigenvalue weighted by Crippen LogP contribution is 2.09. The van der Waals surface area contributed by atoms with Crippen molar-refractivity contribution in [3.63, 3.8) is 0 Å². The summed E-state index contributed by atoms with van der Waals surface area (Å²) in [6.07, 6.45) is 6.43. The first kappa shape index (κ1) is 10.2. The summed E-state index contributed by atoms with van der Waals surface area (Å²) in [5, 5.41) is 12.2. The van der Waals surface area contributed by atoms with E-state index in [1.54, 1.807) is 0 Å². The molecule has 0 aromatic rings. The van der Waals surface area contributed by atoms with Gasteiger partial charge in [0.05, 0.1) is 0 Å². The summed E-state index contributed by atoms with van der Waals surface area (Å²) in [6, 6.07) is 0.280. The van der Waals surface area contributed by atoms with Crippen LogP contribution in [0.1, 0.15) is 19.3 Å². The lowest BCUT2D eigenvalue weighted by molar-refractivity contribution is -0.125. The molecule has 4 nitrogen and oxygen atoms in total. The van der Waals surface area contributed by atoms with Crippen LogP contribution in [0.2, 0.25) is 0 Å². The zero-order valence-corrected chi connectivity index (χ0v) is 7.57. The second-order valence-electron chi connectivity index (χ2n) is 3.29. The Morgan fingerprint density at radius 3 is 3.08 bits per heavy atom. The third-order valence-electron chi connectivity index (χ3n) is 2.16. The number of amides is 1. The largest absolute Gasteiger partial charge is 0.382 e. The van der Waals surface area contributed by atoms with Gasteiger partial charge >= 0.3 is 0 Å². The first-order chi connectivity index (χ1) is 6.20. The van der Waals surface area contributed by atoms with Gasteiger partial charge in [0.25, 0.3) is 0 Å². The van der Waals surface area contributed by atoms with Gasteiger partial charge in [0.2, 0.25) is 5.91 Å². The first-order valence-electron chi connectivity index (χ1n) is 4.57. The number of carbonyl (C=O) groups is 1. The molecule has 74 valence electrons. The summed E-state index contributed by atoms with van der Waals surface area (Å²) in [4.78, 5) is 10.5. The highest BCUT2D eigenvalue weighted by atomic mass is 16.3. The Balaban J connectivity index is 2.21. The van der Waals surface area contributed by atoms with Gasteiger partial charge in [-0.15, -0.1) is 0 Å². The SMILES string of the molecule is NC(=O)C(O)CNC1C=CCCC1. The van der Waals surface area contributed by atoms with Gasteiger partial charge in [0.1, 0.15) is 6.10 Å². The van der Waals surface area contributed by atoms with E-state index in [0.29, 0.717) is 0 Å². The maximum atomic E-state index is 10.5. The standard InChI is InChI=1S/C9H16N2O2/c10-9(13)8(12)6-11-7-4-2-1-3-5-7/h2,4,7-8,11-12H,1,3,5-6H2,(H2,10,13). The van der Waals surface area contributed by atoms with E-state index in [-0.39, 0.29) is 12.6 Å². The van der Waals surface area contributed by atoms with E-state index in [0.717, 1.165) is 19.3 Å². The van der Waals surface area contributed by atoms with Gasteiger partial charge in [-0.2, -0.15) is 0 Å². The van der Waals surface area contributed by atoms with Crippen LogP contribution in [0.25, 0.3) is 0 Å². The van der Waals surface area contributed by atoms with Crippen molar-refractivity contribution in [1.29, 1.82) is 0 Å². The number of hydrogen-bond donors (Lipinski definition) is 3. The lowest BCUT2D eigenvalue weighted by Crippen LogP contribution is -2.41. The highest BCUT2D eigenvalue weighted by molar-refractivity contribution is 5.78. The normalized spacial score (nSPS) is 24.2. The predicted molar refractivity (Wildman–Crippen MR) is 50.0 cm³/mol. The van der Waals surface area contributed by atoms with Crippen molar-refractivity contribution in [2.24, 2.45) is 5.73 Å². The number of hydrogen-bond acceptors (Lipinski definition) is 3. The third-order valence-corrected chi connectivity index (χ3v) is 2.16. The van der Waals surface area contributed by atoms with Crippen molar-refractivity contribution in [2.45, 2.75) is 31.4 Å². The molecule has 1 rings (SSSR count). The van der Waals surface area contributed by atoms with Crippen LogP contribution in [0.3, 0.4) is 0 Å².